The first-order chi connectivity index (χ1) is 12.8. The predicted octanol–water partition coefficient (Wildman–Crippen LogP) is 1.78. The first-order valence-electron chi connectivity index (χ1n) is 8.13. The topological polar surface area (TPSA) is 98.3 Å². The van der Waals surface area contributed by atoms with Gasteiger partial charge in [0.15, 0.2) is 0 Å². The van der Waals surface area contributed by atoms with E-state index in [1.54, 1.807) is 42.5 Å². The van der Waals surface area contributed by atoms with Gasteiger partial charge in [0.1, 0.15) is 5.70 Å². The van der Waals surface area contributed by atoms with Crippen LogP contribution in [0.4, 0.5) is 0 Å². The number of hydrogen-bond donors (Lipinski definition) is 2. The van der Waals surface area contributed by atoms with Gasteiger partial charge < -0.3 is 20.5 Å². The Morgan fingerprint density at radius 2 is 1.78 bits per heavy atom. The van der Waals surface area contributed by atoms with Crippen LogP contribution >= 0.6 is 15.9 Å². The third kappa shape index (κ3) is 6.07. The normalized spacial score (nSPS) is 12.2. The average Bonchev–Trinajstić information content (AvgIpc) is 2.61. The molecule has 0 heterocycles. The Morgan fingerprint density at radius 3 is 2.37 bits per heavy atom. The number of carboxylic acids is 1. The van der Waals surface area contributed by atoms with Crippen molar-refractivity contribution in [2.24, 2.45) is 0 Å². The summed E-state index contributed by atoms with van der Waals surface area (Å²) < 4.78 is 0.795. The van der Waals surface area contributed by atoms with Crippen molar-refractivity contribution in [1.29, 1.82) is 0 Å². The molecule has 27 heavy (non-hydrogen) atoms. The molecule has 0 aliphatic heterocycles. The van der Waals surface area contributed by atoms with Crippen molar-refractivity contribution in [2.75, 3.05) is 0 Å². The van der Waals surface area contributed by atoms with Crippen molar-refractivity contribution in [3.05, 3.63) is 75.4 Å². The quantitative estimate of drug-likeness (QED) is 0.683. The lowest BCUT2D eigenvalue weighted by Gasteiger charge is -2.17. The number of rotatable bonds is 6. The van der Waals surface area contributed by atoms with Gasteiger partial charge in [0.2, 0.25) is 0 Å². The summed E-state index contributed by atoms with van der Waals surface area (Å²) >= 11 is 3.34. The predicted molar refractivity (Wildman–Crippen MR) is 103 cm³/mol. The first-order valence-corrected chi connectivity index (χ1v) is 8.92. The molecule has 0 aromatic heterocycles. The maximum atomic E-state index is 12.5. The van der Waals surface area contributed by atoms with E-state index in [1.807, 2.05) is 13.0 Å². The van der Waals surface area contributed by atoms with Crippen LogP contribution in [0.5, 0.6) is 0 Å². The molecule has 0 radical (unpaired) electrons. The van der Waals surface area contributed by atoms with Crippen LogP contribution in [0.1, 0.15) is 28.4 Å². The van der Waals surface area contributed by atoms with E-state index in [9.17, 15) is 19.5 Å². The van der Waals surface area contributed by atoms with E-state index in [-0.39, 0.29) is 5.70 Å². The van der Waals surface area contributed by atoms with Gasteiger partial charge in [0.25, 0.3) is 11.8 Å². The van der Waals surface area contributed by atoms with Crippen molar-refractivity contribution >= 4 is 39.8 Å². The highest BCUT2D eigenvalue weighted by Crippen LogP contribution is 2.14. The Hall–Kier alpha value is -2.93. The summed E-state index contributed by atoms with van der Waals surface area (Å²) in [6.07, 6.45) is 1.47. The van der Waals surface area contributed by atoms with Gasteiger partial charge in [-0.3, -0.25) is 9.59 Å². The van der Waals surface area contributed by atoms with Crippen LogP contribution in [0.3, 0.4) is 0 Å². The van der Waals surface area contributed by atoms with Crippen LogP contribution < -0.4 is 15.7 Å². The second-order valence-electron chi connectivity index (χ2n) is 5.95. The molecule has 2 rings (SSSR count). The van der Waals surface area contributed by atoms with E-state index in [0.29, 0.717) is 11.1 Å². The second-order valence-corrected chi connectivity index (χ2v) is 6.86. The molecule has 0 spiro atoms. The molecule has 0 unspecified atom stereocenters. The smallest absolute Gasteiger partial charge is 0.268 e. The summed E-state index contributed by atoms with van der Waals surface area (Å²) in [5, 5.41) is 15.7. The monoisotopic (exact) mass is 429 g/mol. The van der Waals surface area contributed by atoms with Crippen LogP contribution in [0.15, 0.2) is 58.7 Å². The second kappa shape index (κ2) is 9.14. The molecule has 0 aliphatic carbocycles. The summed E-state index contributed by atoms with van der Waals surface area (Å²) in [6, 6.07) is 12.7. The summed E-state index contributed by atoms with van der Waals surface area (Å²) in [5.74, 6) is -2.63. The van der Waals surface area contributed by atoms with Crippen LogP contribution in [0, 0.1) is 6.92 Å². The van der Waals surface area contributed by atoms with Gasteiger partial charge in [-0.05, 0) is 49.8 Å². The molecule has 0 saturated heterocycles. The highest BCUT2D eigenvalue weighted by molar-refractivity contribution is 9.10. The molecule has 0 fully saturated rings. The van der Waals surface area contributed by atoms with Gasteiger partial charge >= 0.3 is 0 Å². The summed E-state index contributed by atoms with van der Waals surface area (Å²) in [5.41, 5.74) is 1.95. The van der Waals surface area contributed by atoms with Crippen molar-refractivity contribution in [3.63, 3.8) is 0 Å². The molecule has 7 heteroatoms. The number of amides is 2. The van der Waals surface area contributed by atoms with Crippen LogP contribution in [0.2, 0.25) is 0 Å². The van der Waals surface area contributed by atoms with Crippen molar-refractivity contribution < 1.29 is 19.5 Å². The standard InChI is InChI=1S/C20H19BrN2O4/c1-12-6-8-15(9-7-12)18(24)23-17(19(25)22-13(2)20(26)27)11-14-4-3-5-16(21)10-14/h3-11,13H,1-2H3,(H,22,25)(H,23,24)(H,26,27)/p-1/b17-11+/t13-/m0/s1. The number of carbonyl (C=O) groups is 3. The molecule has 0 saturated carbocycles. The van der Waals surface area contributed by atoms with Gasteiger partial charge in [-0.1, -0.05) is 45.8 Å². The Kier molecular flexibility index (Phi) is 6.90. The molecule has 2 amide bonds. The number of aryl methyl sites for hydroxylation is 1. The zero-order valence-electron chi connectivity index (χ0n) is 14.8. The van der Waals surface area contributed by atoms with Gasteiger partial charge in [-0.2, -0.15) is 0 Å². The molecule has 6 nitrogen and oxygen atoms in total. The van der Waals surface area contributed by atoms with Crippen molar-refractivity contribution in [3.8, 4) is 0 Å². The fourth-order valence-electron chi connectivity index (χ4n) is 2.15. The molecule has 1 atom stereocenters. The van der Waals surface area contributed by atoms with Gasteiger partial charge in [-0.15, -0.1) is 0 Å². The van der Waals surface area contributed by atoms with Gasteiger partial charge in [0, 0.05) is 10.0 Å². The summed E-state index contributed by atoms with van der Waals surface area (Å²) in [6.45, 7) is 3.18. The lowest BCUT2D eigenvalue weighted by atomic mass is 10.1. The van der Waals surface area contributed by atoms with Crippen LogP contribution in [-0.4, -0.2) is 23.8 Å². The molecule has 0 bridgehead atoms. The first kappa shape index (κ1) is 20.4. The molecule has 2 aromatic rings. The van der Waals surface area contributed by atoms with Crippen LogP contribution in [0.25, 0.3) is 6.08 Å². The zero-order chi connectivity index (χ0) is 20.0. The van der Waals surface area contributed by atoms with Gasteiger partial charge in [-0.25, -0.2) is 0 Å². The summed E-state index contributed by atoms with van der Waals surface area (Å²) in [4.78, 5) is 35.8. The molecular weight excluding hydrogens is 412 g/mol. The summed E-state index contributed by atoms with van der Waals surface area (Å²) in [7, 11) is 0. The lowest BCUT2D eigenvalue weighted by molar-refractivity contribution is -0.307. The number of halogens is 1. The number of carboxylic acid groups (broad SMARTS) is 1. The average molecular weight is 430 g/mol. The van der Waals surface area contributed by atoms with Crippen molar-refractivity contribution in [2.45, 2.75) is 19.9 Å². The number of hydrogen-bond acceptors (Lipinski definition) is 4. The van der Waals surface area contributed by atoms with Gasteiger partial charge in [0.05, 0.1) is 12.0 Å². The fourth-order valence-corrected chi connectivity index (χ4v) is 2.57. The molecule has 2 aromatic carbocycles. The maximum Gasteiger partial charge on any atom is 0.268 e. The fraction of sp³-hybridized carbons (Fsp3) is 0.150. The van der Waals surface area contributed by atoms with E-state index in [1.165, 1.54) is 13.0 Å². The maximum absolute atomic E-state index is 12.5. The lowest BCUT2D eigenvalue weighted by Crippen LogP contribution is -2.48. The highest BCUT2D eigenvalue weighted by atomic mass is 79.9. The Morgan fingerprint density at radius 1 is 1.11 bits per heavy atom. The van der Waals surface area contributed by atoms with E-state index < -0.39 is 23.8 Å². The number of benzene rings is 2. The minimum absolute atomic E-state index is 0.0771. The highest BCUT2D eigenvalue weighted by Gasteiger charge is 2.17. The van der Waals surface area contributed by atoms with Crippen LogP contribution in [-0.2, 0) is 9.59 Å². The third-order valence-electron chi connectivity index (χ3n) is 3.67. The van der Waals surface area contributed by atoms with E-state index >= 15 is 0 Å². The van der Waals surface area contributed by atoms with Crippen molar-refractivity contribution in [1.82, 2.24) is 10.6 Å². The molecular formula is C20H18BrN2O4-. The van der Waals surface area contributed by atoms with E-state index in [0.717, 1.165) is 10.0 Å². The minimum Gasteiger partial charge on any atom is -0.548 e. The molecule has 140 valence electrons. The zero-order valence-corrected chi connectivity index (χ0v) is 16.4. The molecule has 2 N–H and O–H groups in total. The SMILES string of the molecule is Cc1ccc(C(=O)N/C(=C/c2cccc(Br)c2)C(=O)N[C@@H](C)C(=O)[O-])cc1. The number of aliphatic carboxylic acids is 1. The van der Waals surface area contributed by atoms with E-state index in [2.05, 4.69) is 26.6 Å². The number of nitrogens with one attached hydrogen (secondary N) is 2. The largest absolute Gasteiger partial charge is 0.548 e. The third-order valence-corrected chi connectivity index (χ3v) is 4.16. The minimum atomic E-state index is -1.42. The molecule has 0 aliphatic rings. The van der Waals surface area contributed by atoms with E-state index in [4.69, 9.17) is 0 Å². The Labute approximate surface area is 165 Å². The Bertz CT molecular complexity index is 891. The Balaban J connectivity index is 2.31. The number of carbonyl (C=O) groups excluding carboxylic acids is 3.